The zero-order valence-electron chi connectivity index (χ0n) is 7.93. The monoisotopic (exact) mass is 192 g/mol. The summed E-state index contributed by atoms with van der Waals surface area (Å²) in [5.74, 6) is -0.536. The summed E-state index contributed by atoms with van der Waals surface area (Å²) in [6.07, 6.45) is 0.0225. The zero-order valence-corrected chi connectivity index (χ0v) is 7.93. The van der Waals surface area contributed by atoms with Crippen LogP contribution >= 0.6 is 0 Å². The Labute approximate surface area is 82.3 Å². The average molecular weight is 192 g/mol. The standard InChI is InChI=1S/C11H12O3/c1-11(13)7-9(14-10(11)12)8-5-3-2-4-6-8/h2-6,9,13H,7H2,1H3/t9?,11-/m0/s1. The normalized spacial score (nSPS) is 31.6. The van der Waals surface area contributed by atoms with Crippen molar-refractivity contribution in [2.45, 2.75) is 25.0 Å². The van der Waals surface area contributed by atoms with Gasteiger partial charge in [0.2, 0.25) is 0 Å². The summed E-state index contributed by atoms with van der Waals surface area (Å²) in [5, 5.41) is 9.62. The van der Waals surface area contributed by atoms with Crippen molar-refractivity contribution in [3.63, 3.8) is 0 Å². The van der Waals surface area contributed by atoms with Gasteiger partial charge in [0.15, 0.2) is 5.60 Å². The lowest BCUT2D eigenvalue weighted by Gasteiger charge is -2.09. The molecule has 0 radical (unpaired) electrons. The second kappa shape index (κ2) is 3.10. The molecule has 14 heavy (non-hydrogen) atoms. The topological polar surface area (TPSA) is 46.5 Å². The lowest BCUT2D eigenvalue weighted by atomic mass is 9.98. The number of carbonyl (C=O) groups is 1. The Morgan fingerprint density at radius 3 is 2.57 bits per heavy atom. The molecule has 1 aliphatic heterocycles. The van der Waals surface area contributed by atoms with Gasteiger partial charge < -0.3 is 9.84 Å². The quantitative estimate of drug-likeness (QED) is 0.684. The van der Waals surface area contributed by atoms with Crippen molar-refractivity contribution < 1.29 is 14.6 Å². The number of cyclic esters (lactones) is 1. The fourth-order valence-corrected chi connectivity index (χ4v) is 1.60. The van der Waals surface area contributed by atoms with E-state index in [2.05, 4.69) is 0 Å². The number of benzene rings is 1. The van der Waals surface area contributed by atoms with Gasteiger partial charge in [0.25, 0.3) is 0 Å². The lowest BCUT2D eigenvalue weighted by Crippen LogP contribution is -2.29. The molecule has 3 nitrogen and oxygen atoms in total. The van der Waals surface area contributed by atoms with Gasteiger partial charge in [0.1, 0.15) is 6.10 Å². The van der Waals surface area contributed by atoms with Crippen LogP contribution in [0.15, 0.2) is 30.3 Å². The lowest BCUT2D eigenvalue weighted by molar-refractivity contribution is -0.153. The summed E-state index contributed by atoms with van der Waals surface area (Å²) in [7, 11) is 0. The van der Waals surface area contributed by atoms with Crippen LogP contribution in [0.1, 0.15) is 25.0 Å². The van der Waals surface area contributed by atoms with Crippen LogP contribution in [0.2, 0.25) is 0 Å². The second-order valence-corrected chi connectivity index (χ2v) is 3.78. The third-order valence-corrected chi connectivity index (χ3v) is 2.44. The van der Waals surface area contributed by atoms with E-state index in [0.29, 0.717) is 6.42 Å². The van der Waals surface area contributed by atoms with E-state index in [-0.39, 0.29) is 6.10 Å². The fourth-order valence-electron chi connectivity index (χ4n) is 1.60. The van der Waals surface area contributed by atoms with E-state index in [0.717, 1.165) is 5.56 Å². The summed E-state index contributed by atoms with van der Waals surface area (Å²) < 4.78 is 5.07. The molecule has 1 aromatic rings. The van der Waals surface area contributed by atoms with E-state index in [1.54, 1.807) is 0 Å². The molecule has 0 saturated carbocycles. The van der Waals surface area contributed by atoms with Crippen LogP contribution in [0.25, 0.3) is 0 Å². The summed E-state index contributed by atoms with van der Waals surface area (Å²) >= 11 is 0. The van der Waals surface area contributed by atoms with Crippen LogP contribution in [0.3, 0.4) is 0 Å². The zero-order chi connectivity index (χ0) is 10.2. The third-order valence-electron chi connectivity index (χ3n) is 2.44. The third kappa shape index (κ3) is 1.51. The number of rotatable bonds is 1. The molecule has 0 amide bonds. The molecule has 3 heteroatoms. The van der Waals surface area contributed by atoms with Gasteiger partial charge in [-0.2, -0.15) is 0 Å². The Kier molecular flexibility index (Phi) is 2.04. The van der Waals surface area contributed by atoms with E-state index in [9.17, 15) is 9.90 Å². The minimum atomic E-state index is -1.33. The van der Waals surface area contributed by atoms with Gasteiger partial charge in [-0.25, -0.2) is 4.79 Å². The first-order chi connectivity index (χ1) is 6.59. The molecule has 1 aliphatic rings. The van der Waals surface area contributed by atoms with Crippen LogP contribution in [0.5, 0.6) is 0 Å². The number of carbonyl (C=O) groups excluding carboxylic acids is 1. The summed E-state index contributed by atoms with van der Waals surface area (Å²) in [6.45, 7) is 1.48. The second-order valence-electron chi connectivity index (χ2n) is 3.78. The summed E-state index contributed by atoms with van der Waals surface area (Å²) in [4.78, 5) is 11.2. The smallest absolute Gasteiger partial charge is 0.338 e. The van der Waals surface area contributed by atoms with E-state index in [1.165, 1.54) is 6.92 Å². The van der Waals surface area contributed by atoms with Crippen LogP contribution < -0.4 is 0 Å². The van der Waals surface area contributed by atoms with Crippen molar-refractivity contribution in [2.24, 2.45) is 0 Å². The first-order valence-electron chi connectivity index (χ1n) is 4.58. The molecule has 2 rings (SSSR count). The first kappa shape index (κ1) is 9.21. The van der Waals surface area contributed by atoms with Crippen molar-refractivity contribution in [1.29, 1.82) is 0 Å². The summed E-state index contributed by atoms with van der Waals surface area (Å²) in [6, 6.07) is 9.45. The van der Waals surface area contributed by atoms with Crippen molar-refractivity contribution >= 4 is 5.97 Å². The maximum atomic E-state index is 11.2. The molecule has 1 N–H and O–H groups in total. The molecule has 1 heterocycles. The SMILES string of the molecule is C[C@]1(O)CC(c2ccccc2)OC1=O. The molecule has 1 unspecified atom stereocenters. The molecule has 0 aromatic heterocycles. The number of ether oxygens (including phenoxy) is 1. The van der Waals surface area contributed by atoms with Crippen LogP contribution in [0.4, 0.5) is 0 Å². The highest BCUT2D eigenvalue weighted by Gasteiger charge is 2.44. The average Bonchev–Trinajstić information content (AvgIpc) is 2.43. The van der Waals surface area contributed by atoms with Crippen molar-refractivity contribution in [2.75, 3.05) is 0 Å². The van der Waals surface area contributed by atoms with Crippen molar-refractivity contribution in [3.05, 3.63) is 35.9 Å². The van der Waals surface area contributed by atoms with Gasteiger partial charge in [-0.05, 0) is 12.5 Å². The van der Waals surface area contributed by atoms with Crippen molar-refractivity contribution in [1.82, 2.24) is 0 Å². The highest BCUT2D eigenvalue weighted by molar-refractivity contribution is 5.81. The van der Waals surface area contributed by atoms with E-state index < -0.39 is 11.6 Å². The number of esters is 1. The molecule has 0 aliphatic carbocycles. The Morgan fingerprint density at radius 2 is 2.07 bits per heavy atom. The van der Waals surface area contributed by atoms with Crippen LogP contribution in [0, 0.1) is 0 Å². The molecule has 1 aromatic carbocycles. The van der Waals surface area contributed by atoms with Gasteiger partial charge in [-0.15, -0.1) is 0 Å². The minimum Gasteiger partial charge on any atom is -0.455 e. The predicted octanol–water partition coefficient (Wildman–Crippen LogP) is 1.43. The molecule has 2 atom stereocenters. The molecule has 1 fully saturated rings. The highest BCUT2D eigenvalue weighted by Crippen LogP contribution is 2.35. The largest absolute Gasteiger partial charge is 0.455 e. The van der Waals surface area contributed by atoms with E-state index >= 15 is 0 Å². The van der Waals surface area contributed by atoms with Crippen LogP contribution in [-0.2, 0) is 9.53 Å². The van der Waals surface area contributed by atoms with Gasteiger partial charge in [-0.1, -0.05) is 30.3 Å². The predicted molar refractivity (Wildman–Crippen MR) is 50.5 cm³/mol. The maximum absolute atomic E-state index is 11.2. The van der Waals surface area contributed by atoms with Gasteiger partial charge in [0.05, 0.1) is 0 Å². The number of aliphatic hydroxyl groups is 1. The molecule has 0 spiro atoms. The maximum Gasteiger partial charge on any atom is 0.338 e. The highest BCUT2D eigenvalue weighted by atomic mass is 16.6. The number of hydrogen-bond acceptors (Lipinski definition) is 3. The minimum absolute atomic E-state index is 0.307. The summed E-state index contributed by atoms with van der Waals surface area (Å²) in [5.41, 5.74) is -0.404. The van der Waals surface area contributed by atoms with E-state index in [4.69, 9.17) is 4.74 Å². The molecule has 0 bridgehead atoms. The Balaban J connectivity index is 2.21. The Bertz CT molecular complexity index is 343. The van der Waals surface area contributed by atoms with Gasteiger partial charge >= 0.3 is 5.97 Å². The van der Waals surface area contributed by atoms with Crippen molar-refractivity contribution in [3.8, 4) is 0 Å². The number of hydrogen-bond donors (Lipinski definition) is 1. The Morgan fingerprint density at radius 1 is 1.43 bits per heavy atom. The molecular weight excluding hydrogens is 180 g/mol. The van der Waals surface area contributed by atoms with E-state index in [1.807, 2.05) is 30.3 Å². The van der Waals surface area contributed by atoms with Gasteiger partial charge in [-0.3, -0.25) is 0 Å². The molecule has 1 saturated heterocycles. The molecular formula is C11H12O3. The van der Waals surface area contributed by atoms with Crippen LogP contribution in [-0.4, -0.2) is 16.7 Å². The van der Waals surface area contributed by atoms with Gasteiger partial charge in [0, 0.05) is 6.42 Å². The molecule has 74 valence electrons. The fraction of sp³-hybridized carbons (Fsp3) is 0.364. The Hall–Kier alpha value is -1.35. The first-order valence-corrected chi connectivity index (χ1v) is 4.58.